The van der Waals surface area contributed by atoms with Crippen molar-refractivity contribution in [2.45, 2.75) is 63.7 Å². The summed E-state index contributed by atoms with van der Waals surface area (Å²) < 4.78 is 0. The van der Waals surface area contributed by atoms with Gasteiger partial charge in [-0.2, -0.15) is 0 Å². The van der Waals surface area contributed by atoms with Gasteiger partial charge in [-0.3, -0.25) is 4.90 Å². The number of aliphatic hydroxyl groups is 3. The summed E-state index contributed by atoms with van der Waals surface area (Å²) in [5, 5.41) is 29.3. The summed E-state index contributed by atoms with van der Waals surface area (Å²) in [4.78, 5) is 2.35. The van der Waals surface area contributed by atoms with Crippen molar-refractivity contribution in [1.29, 1.82) is 0 Å². The first-order chi connectivity index (χ1) is 10.8. The molecule has 2 rings (SSSR count). The number of hydrogen-bond acceptors (Lipinski definition) is 4. The van der Waals surface area contributed by atoms with Crippen LogP contribution in [0.15, 0.2) is 24.3 Å². The Morgan fingerprint density at radius 2 is 1.74 bits per heavy atom. The molecule has 3 N–H and O–H groups in total. The van der Waals surface area contributed by atoms with Crippen molar-refractivity contribution >= 4 is 0 Å². The van der Waals surface area contributed by atoms with Crippen LogP contribution in [0.3, 0.4) is 0 Å². The highest BCUT2D eigenvalue weighted by Crippen LogP contribution is 2.23. The van der Waals surface area contributed by atoms with Crippen LogP contribution in [0, 0.1) is 0 Å². The van der Waals surface area contributed by atoms with E-state index in [9.17, 15) is 15.3 Å². The molecule has 1 aliphatic rings. The van der Waals surface area contributed by atoms with Crippen molar-refractivity contribution in [3.8, 4) is 0 Å². The van der Waals surface area contributed by atoms with E-state index in [2.05, 4.69) is 29.2 Å². The fourth-order valence-corrected chi connectivity index (χ4v) is 3.07. The second-order valence-corrected chi connectivity index (χ2v) is 7.64. The van der Waals surface area contributed by atoms with Crippen molar-refractivity contribution in [3.63, 3.8) is 0 Å². The molecule has 0 aromatic heterocycles. The highest BCUT2D eigenvalue weighted by Gasteiger charge is 2.29. The van der Waals surface area contributed by atoms with Crippen LogP contribution in [0.25, 0.3) is 0 Å². The van der Waals surface area contributed by atoms with E-state index in [1.165, 1.54) is 11.1 Å². The molecule has 0 spiro atoms. The summed E-state index contributed by atoms with van der Waals surface area (Å²) >= 11 is 0. The van der Waals surface area contributed by atoms with Crippen LogP contribution in [0.5, 0.6) is 0 Å². The van der Waals surface area contributed by atoms with E-state index in [0.717, 1.165) is 38.9 Å². The van der Waals surface area contributed by atoms with Crippen molar-refractivity contribution in [3.05, 3.63) is 35.4 Å². The molecule has 23 heavy (non-hydrogen) atoms. The molecular weight excluding hydrogens is 290 g/mol. The number of nitrogens with zero attached hydrogens (tertiary/aromatic N) is 1. The highest BCUT2D eigenvalue weighted by molar-refractivity contribution is 5.22. The average molecular weight is 321 g/mol. The van der Waals surface area contributed by atoms with Gasteiger partial charge in [0.1, 0.15) is 0 Å². The van der Waals surface area contributed by atoms with E-state index in [1.807, 2.05) is 13.8 Å². The topological polar surface area (TPSA) is 63.9 Å². The molecule has 4 heteroatoms. The number of rotatable bonds is 6. The second kappa shape index (κ2) is 7.75. The van der Waals surface area contributed by atoms with Gasteiger partial charge < -0.3 is 15.3 Å². The Hall–Kier alpha value is -0.940. The van der Waals surface area contributed by atoms with Gasteiger partial charge in [0.05, 0.1) is 17.8 Å². The molecule has 1 aromatic rings. The zero-order valence-corrected chi connectivity index (χ0v) is 14.5. The van der Waals surface area contributed by atoms with E-state index < -0.39 is 11.2 Å². The van der Waals surface area contributed by atoms with Crippen LogP contribution < -0.4 is 0 Å². The summed E-state index contributed by atoms with van der Waals surface area (Å²) in [6.45, 7) is 6.20. The second-order valence-electron chi connectivity index (χ2n) is 7.64. The number of aryl methyl sites for hydroxylation is 1. The first-order valence-electron chi connectivity index (χ1n) is 8.65. The number of benzene rings is 1. The van der Waals surface area contributed by atoms with Gasteiger partial charge in [0.15, 0.2) is 0 Å². The van der Waals surface area contributed by atoms with Gasteiger partial charge in [0, 0.05) is 13.1 Å². The normalized spacial score (nSPS) is 23.7. The summed E-state index contributed by atoms with van der Waals surface area (Å²) in [5.74, 6) is 0. The summed E-state index contributed by atoms with van der Waals surface area (Å²) in [7, 11) is 0. The Bertz CT molecular complexity index is 480. The molecule has 1 atom stereocenters. The standard InChI is InChI=1S/C19H31NO3/c1-18(2,22)10-8-16-4-6-17(7-5-16)14-20-12-3-9-19(23,15-21)11-13-20/h4-7,21-23H,3,8-15H2,1-2H3/t19-/m0/s1. The summed E-state index contributed by atoms with van der Waals surface area (Å²) in [5.41, 5.74) is 1.01. The van der Waals surface area contributed by atoms with E-state index in [0.29, 0.717) is 12.8 Å². The maximum atomic E-state index is 10.2. The third-order valence-electron chi connectivity index (χ3n) is 4.76. The van der Waals surface area contributed by atoms with Crippen LogP contribution in [-0.2, 0) is 13.0 Å². The lowest BCUT2D eigenvalue weighted by molar-refractivity contribution is -0.0255. The van der Waals surface area contributed by atoms with E-state index >= 15 is 0 Å². The van der Waals surface area contributed by atoms with Crippen molar-refractivity contribution in [2.24, 2.45) is 0 Å². The molecule has 1 aromatic carbocycles. The van der Waals surface area contributed by atoms with Gasteiger partial charge in [0.25, 0.3) is 0 Å². The zero-order valence-electron chi connectivity index (χ0n) is 14.5. The minimum absolute atomic E-state index is 0.142. The fourth-order valence-electron chi connectivity index (χ4n) is 3.07. The Morgan fingerprint density at radius 1 is 1.09 bits per heavy atom. The van der Waals surface area contributed by atoms with Crippen molar-refractivity contribution in [1.82, 2.24) is 4.90 Å². The molecule has 1 aliphatic heterocycles. The third-order valence-corrected chi connectivity index (χ3v) is 4.76. The van der Waals surface area contributed by atoms with Gasteiger partial charge in [-0.25, -0.2) is 0 Å². The Morgan fingerprint density at radius 3 is 2.35 bits per heavy atom. The highest BCUT2D eigenvalue weighted by atomic mass is 16.3. The number of hydrogen-bond donors (Lipinski definition) is 3. The van der Waals surface area contributed by atoms with E-state index in [4.69, 9.17) is 0 Å². The molecule has 0 amide bonds. The van der Waals surface area contributed by atoms with Crippen molar-refractivity contribution in [2.75, 3.05) is 19.7 Å². The maximum Gasteiger partial charge on any atom is 0.0890 e. The monoisotopic (exact) mass is 321 g/mol. The molecule has 0 radical (unpaired) electrons. The molecule has 0 saturated carbocycles. The van der Waals surface area contributed by atoms with Crippen LogP contribution >= 0.6 is 0 Å². The first kappa shape index (κ1) is 18.4. The Balaban J connectivity index is 1.86. The lowest BCUT2D eigenvalue weighted by Crippen LogP contribution is -2.34. The average Bonchev–Trinajstić information content (AvgIpc) is 2.69. The molecule has 0 unspecified atom stereocenters. The molecule has 4 nitrogen and oxygen atoms in total. The minimum Gasteiger partial charge on any atom is -0.393 e. The molecule has 0 aliphatic carbocycles. The predicted molar refractivity (Wildman–Crippen MR) is 92.2 cm³/mol. The number of likely N-dealkylation sites (tertiary alicyclic amines) is 1. The van der Waals surface area contributed by atoms with Gasteiger partial charge >= 0.3 is 0 Å². The maximum absolute atomic E-state index is 10.2. The molecule has 1 fully saturated rings. The Kier molecular flexibility index (Phi) is 6.20. The van der Waals surface area contributed by atoms with Crippen LogP contribution in [-0.4, -0.2) is 51.1 Å². The SMILES string of the molecule is CC(C)(O)CCc1ccc(CN2CCC[C@@](O)(CO)CC2)cc1. The van der Waals surface area contributed by atoms with Crippen LogP contribution in [0.2, 0.25) is 0 Å². The smallest absolute Gasteiger partial charge is 0.0890 e. The number of aliphatic hydroxyl groups excluding tert-OH is 1. The van der Waals surface area contributed by atoms with E-state index in [1.54, 1.807) is 0 Å². The van der Waals surface area contributed by atoms with Gasteiger partial charge in [0.2, 0.25) is 0 Å². The van der Waals surface area contributed by atoms with Gasteiger partial charge in [-0.15, -0.1) is 0 Å². The molecule has 1 saturated heterocycles. The van der Waals surface area contributed by atoms with Gasteiger partial charge in [-0.1, -0.05) is 24.3 Å². The third kappa shape index (κ3) is 6.22. The van der Waals surface area contributed by atoms with Gasteiger partial charge in [-0.05, 0) is 63.6 Å². The molecule has 1 heterocycles. The summed E-state index contributed by atoms with van der Waals surface area (Å²) in [6, 6.07) is 8.59. The lowest BCUT2D eigenvalue weighted by Gasteiger charge is -2.24. The first-order valence-corrected chi connectivity index (χ1v) is 8.65. The zero-order chi connectivity index (χ0) is 16.9. The fraction of sp³-hybridized carbons (Fsp3) is 0.684. The lowest BCUT2D eigenvalue weighted by atomic mass is 9.96. The molecular formula is C19H31NO3. The predicted octanol–water partition coefficient (Wildman–Crippen LogP) is 2.10. The Labute approximate surface area is 139 Å². The van der Waals surface area contributed by atoms with Crippen LogP contribution in [0.4, 0.5) is 0 Å². The molecule has 130 valence electrons. The molecule has 0 bridgehead atoms. The van der Waals surface area contributed by atoms with Crippen molar-refractivity contribution < 1.29 is 15.3 Å². The largest absolute Gasteiger partial charge is 0.393 e. The minimum atomic E-state index is -0.893. The van der Waals surface area contributed by atoms with E-state index in [-0.39, 0.29) is 6.61 Å². The van der Waals surface area contributed by atoms with Crippen LogP contribution in [0.1, 0.15) is 50.7 Å². The quantitative estimate of drug-likeness (QED) is 0.751. The summed E-state index contributed by atoms with van der Waals surface area (Å²) in [6.07, 6.45) is 3.87.